The summed E-state index contributed by atoms with van der Waals surface area (Å²) in [5.74, 6) is 0. The van der Waals surface area contributed by atoms with E-state index < -0.39 is 0 Å². The molecule has 0 bridgehead atoms. The number of fused-ring (bicyclic) bond motifs is 1. The Labute approximate surface area is 111 Å². The van der Waals surface area contributed by atoms with Crippen molar-refractivity contribution in [2.75, 3.05) is 0 Å². The van der Waals surface area contributed by atoms with Crippen LogP contribution in [0.2, 0.25) is 0 Å². The fourth-order valence-electron chi connectivity index (χ4n) is 1.92. The summed E-state index contributed by atoms with van der Waals surface area (Å²) in [6.45, 7) is 0. The number of benzene rings is 2. The zero-order chi connectivity index (χ0) is 13.1. The lowest BCUT2D eigenvalue weighted by Crippen LogP contribution is -2.00. The van der Waals surface area contributed by atoms with Crippen LogP contribution >= 0.6 is 0 Å². The van der Waals surface area contributed by atoms with Gasteiger partial charge in [-0.1, -0.05) is 42.5 Å². The number of nitrogens with zero attached hydrogens (tertiary/aromatic N) is 2. The molecule has 3 nitrogen and oxygen atoms in total. The first kappa shape index (κ1) is 11.4. The molecule has 0 aliphatic rings. The molecule has 3 heteroatoms. The van der Waals surface area contributed by atoms with Gasteiger partial charge in [-0.2, -0.15) is 4.74 Å². The third kappa shape index (κ3) is 2.45. The molecule has 0 saturated carbocycles. The van der Waals surface area contributed by atoms with Crippen molar-refractivity contribution >= 4 is 22.8 Å². The van der Waals surface area contributed by atoms with E-state index in [2.05, 4.69) is 4.98 Å². The van der Waals surface area contributed by atoms with Crippen LogP contribution in [-0.4, -0.2) is 15.9 Å². The topological polar surface area (TPSA) is 39.0 Å². The van der Waals surface area contributed by atoms with Crippen molar-refractivity contribution in [2.45, 2.75) is 0 Å². The highest BCUT2D eigenvalue weighted by Gasteiger charge is 2.02. The largest absolute Gasteiger partial charge is 0.618 e. The summed E-state index contributed by atoms with van der Waals surface area (Å²) in [6, 6.07) is 20.7. The highest BCUT2D eigenvalue weighted by molar-refractivity contribution is 5.83. The van der Waals surface area contributed by atoms with E-state index >= 15 is 0 Å². The minimum absolute atomic E-state index is 0.595. The lowest BCUT2D eigenvalue weighted by molar-refractivity contribution is -0.354. The first-order valence-electron chi connectivity index (χ1n) is 6.05. The maximum absolute atomic E-state index is 12.0. The van der Waals surface area contributed by atoms with Crippen LogP contribution in [0.15, 0.2) is 66.7 Å². The fourth-order valence-corrected chi connectivity index (χ4v) is 1.92. The van der Waals surface area contributed by atoms with Crippen LogP contribution in [0.25, 0.3) is 10.9 Å². The molecular formula is C16H12N2O. The van der Waals surface area contributed by atoms with E-state index in [1.807, 2.05) is 54.6 Å². The summed E-state index contributed by atoms with van der Waals surface area (Å²) in [7, 11) is 0. The molecule has 0 amide bonds. The first-order chi connectivity index (χ1) is 9.33. The number of hydrogen-bond donors (Lipinski definition) is 0. The van der Waals surface area contributed by atoms with Crippen molar-refractivity contribution in [3.8, 4) is 0 Å². The molecular weight excluding hydrogens is 236 g/mol. The third-order valence-electron chi connectivity index (χ3n) is 2.88. The van der Waals surface area contributed by atoms with Gasteiger partial charge in [0.1, 0.15) is 5.69 Å². The van der Waals surface area contributed by atoms with E-state index in [1.165, 1.54) is 6.21 Å². The van der Waals surface area contributed by atoms with Crippen LogP contribution in [-0.2, 0) is 0 Å². The molecule has 3 aromatic rings. The molecule has 0 N–H and O–H groups in total. The summed E-state index contributed by atoms with van der Waals surface area (Å²) in [5, 5.41) is 13.0. The minimum Gasteiger partial charge on any atom is -0.618 e. The summed E-state index contributed by atoms with van der Waals surface area (Å²) in [4.78, 5) is 4.44. The van der Waals surface area contributed by atoms with Gasteiger partial charge in [0.2, 0.25) is 11.9 Å². The molecule has 2 aromatic carbocycles. The Morgan fingerprint density at radius 1 is 0.842 bits per heavy atom. The van der Waals surface area contributed by atoms with Crippen molar-refractivity contribution in [1.82, 2.24) is 4.98 Å². The van der Waals surface area contributed by atoms with E-state index in [-0.39, 0.29) is 0 Å². The van der Waals surface area contributed by atoms with Crippen molar-refractivity contribution in [1.29, 1.82) is 0 Å². The van der Waals surface area contributed by atoms with Crippen LogP contribution in [0, 0.1) is 5.21 Å². The van der Waals surface area contributed by atoms with Gasteiger partial charge in [0.25, 0.3) is 0 Å². The first-order valence-corrected chi connectivity index (χ1v) is 6.05. The van der Waals surface area contributed by atoms with Crippen LogP contribution < -0.4 is 0 Å². The molecule has 0 unspecified atom stereocenters. The Hall–Kier alpha value is -2.68. The molecule has 19 heavy (non-hydrogen) atoms. The molecule has 0 saturated heterocycles. The number of para-hydroxylation sites is 2. The second-order valence-corrected chi connectivity index (χ2v) is 4.22. The second-order valence-electron chi connectivity index (χ2n) is 4.22. The summed E-state index contributed by atoms with van der Waals surface area (Å²) < 4.78 is 0.830. The number of aromatic nitrogens is 1. The molecule has 0 aliphatic heterocycles. The van der Waals surface area contributed by atoms with Crippen LogP contribution in [0.1, 0.15) is 5.69 Å². The van der Waals surface area contributed by atoms with E-state index in [9.17, 15) is 5.21 Å². The SMILES string of the molecule is [O-]/[N+](=C\c1ccc2ccccc2n1)c1ccccc1. The lowest BCUT2D eigenvalue weighted by Gasteiger charge is -2.02. The normalized spacial score (nSPS) is 11.7. The molecule has 3 rings (SSSR count). The molecule has 1 heterocycles. The zero-order valence-electron chi connectivity index (χ0n) is 10.2. The average Bonchev–Trinajstić information content (AvgIpc) is 2.48. The summed E-state index contributed by atoms with van der Waals surface area (Å²) in [6.07, 6.45) is 1.49. The molecule has 0 spiro atoms. The Balaban J connectivity index is 2.01. The molecule has 0 aliphatic carbocycles. The standard InChI is InChI=1S/C16H12N2O/c19-18(15-7-2-1-3-8-15)12-14-11-10-13-6-4-5-9-16(13)17-14/h1-12H/b18-12-. The van der Waals surface area contributed by atoms with E-state index in [0.717, 1.165) is 15.6 Å². The van der Waals surface area contributed by atoms with Gasteiger partial charge in [0.15, 0.2) is 0 Å². The Morgan fingerprint density at radius 2 is 1.58 bits per heavy atom. The van der Waals surface area contributed by atoms with E-state index in [0.29, 0.717) is 11.4 Å². The van der Waals surface area contributed by atoms with Gasteiger partial charge >= 0.3 is 0 Å². The van der Waals surface area contributed by atoms with Gasteiger partial charge in [-0.05, 0) is 12.1 Å². The van der Waals surface area contributed by atoms with E-state index in [1.54, 1.807) is 12.1 Å². The van der Waals surface area contributed by atoms with Gasteiger partial charge in [0, 0.05) is 17.5 Å². The average molecular weight is 248 g/mol. The molecule has 1 aromatic heterocycles. The number of rotatable bonds is 2. The Kier molecular flexibility index (Phi) is 2.94. The predicted octanol–water partition coefficient (Wildman–Crippen LogP) is 3.50. The predicted molar refractivity (Wildman–Crippen MR) is 76.6 cm³/mol. The lowest BCUT2D eigenvalue weighted by atomic mass is 10.2. The fraction of sp³-hybridized carbons (Fsp3) is 0. The molecule has 92 valence electrons. The van der Waals surface area contributed by atoms with Gasteiger partial charge < -0.3 is 5.21 Å². The number of hydrogen-bond acceptors (Lipinski definition) is 2. The summed E-state index contributed by atoms with van der Waals surface area (Å²) in [5.41, 5.74) is 2.13. The molecule has 0 atom stereocenters. The van der Waals surface area contributed by atoms with Crippen LogP contribution in [0.4, 0.5) is 5.69 Å². The Bertz CT molecular complexity index is 736. The van der Waals surface area contributed by atoms with Gasteiger partial charge in [-0.15, -0.1) is 0 Å². The van der Waals surface area contributed by atoms with E-state index in [4.69, 9.17) is 0 Å². The van der Waals surface area contributed by atoms with Gasteiger partial charge in [-0.3, -0.25) is 0 Å². The maximum Gasteiger partial charge on any atom is 0.216 e. The third-order valence-corrected chi connectivity index (χ3v) is 2.88. The van der Waals surface area contributed by atoms with Crippen LogP contribution in [0.5, 0.6) is 0 Å². The number of pyridine rings is 1. The van der Waals surface area contributed by atoms with Gasteiger partial charge in [-0.25, -0.2) is 4.98 Å². The van der Waals surface area contributed by atoms with Crippen LogP contribution in [0.3, 0.4) is 0 Å². The van der Waals surface area contributed by atoms with Crippen molar-refractivity contribution in [2.24, 2.45) is 0 Å². The Morgan fingerprint density at radius 3 is 2.42 bits per heavy atom. The van der Waals surface area contributed by atoms with Crippen molar-refractivity contribution in [3.05, 3.63) is 77.6 Å². The van der Waals surface area contributed by atoms with Gasteiger partial charge in [0.05, 0.1) is 5.52 Å². The monoisotopic (exact) mass is 248 g/mol. The van der Waals surface area contributed by atoms with Crippen molar-refractivity contribution < 1.29 is 4.74 Å². The van der Waals surface area contributed by atoms with Crippen molar-refractivity contribution in [3.63, 3.8) is 0 Å². The molecule has 0 fully saturated rings. The second kappa shape index (κ2) is 4.90. The summed E-state index contributed by atoms with van der Waals surface area (Å²) >= 11 is 0. The highest BCUT2D eigenvalue weighted by atomic mass is 16.5. The quantitative estimate of drug-likeness (QED) is 0.301. The minimum atomic E-state index is 0.595. The maximum atomic E-state index is 12.0. The zero-order valence-corrected chi connectivity index (χ0v) is 10.2. The highest BCUT2D eigenvalue weighted by Crippen LogP contribution is 2.12. The molecule has 0 radical (unpaired) electrons. The smallest absolute Gasteiger partial charge is 0.216 e.